The number of urea groups is 1. The van der Waals surface area contributed by atoms with Gasteiger partial charge < -0.3 is 54.4 Å². The van der Waals surface area contributed by atoms with Crippen LogP contribution >= 0.6 is 11.8 Å². The number of hydrogen-bond acceptors (Lipinski definition) is 11. The van der Waals surface area contributed by atoms with Crippen LogP contribution in [0.5, 0.6) is 0 Å². The normalized spacial score (nSPS) is 18.7. The van der Waals surface area contributed by atoms with Crippen LogP contribution in [0.15, 0.2) is 0 Å². The van der Waals surface area contributed by atoms with Crippen LogP contribution in [0.4, 0.5) is 4.79 Å². The maximum absolute atomic E-state index is 12.0. The van der Waals surface area contributed by atoms with Gasteiger partial charge in [-0.25, -0.2) is 4.79 Å². The van der Waals surface area contributed by atoms with Gasteiger partial charge in [-0.2, -0.15) is 11.8 Å². The number of methoxy groups -OCH3 is 1. The van der Waals surface area contributed by atoms with E-state index in [1.165, 1.54) is 0 Å². The van der Waals surface area contributed by atoms with Crippen LogP contribution < -0.4 is 21.3 Å². The number of nitrogens with one attached hydrogen (secondary N) is 4. The molecule has 2 aliphatic heterocycles. The minimum absolute atomic E-state index is 0.00883. The third-order valence-electron chi connectivity index (χ3n) is 7.33. The van der Waals surface area contributed by atoms with Crippen LogP contribution in [-0.2, 0) is 42.7 Å². The van der Waals surface area contributed by atoms with Crippen LogP contribution in [0.3, 0.4) is 0 Å². The second-order valence-corrected chi connectivity index (χ2v) is 12.3. The van der Waals surface area contributed by atoms with Crippen LogP contribution in [0.25, 0.3) is 0 Å². The van der Waals surface area contributed by atoms with Crippen molar-refractivity contribution >= 4 is 29.6 Å². The van der Waals surface area contributed by atoms with E-state index in [4.69, 9.17) is 33.2 Å². The van der Waals surface area contributed by atoms with Crippen molar-refractivity contribution in [3.8, 4) is 0 Å². The average Bonchev–Trinajstić information content (AvgIpc) is 3.60. The number of amides is 4. The lowest BCUT2D eigenvalue weighted by molar-refractivity contribution is -0.122. The van der Waals surface area contributed by atoms with Crippen molar-refractivity contribution in [2.45, 2.75) is 68.7 Å². The third kappa shape index (κ3) is 21.2. The smallest absolute Gasteiger partial charge is 0.315 e. The van der Waals surface area contributed by atoms with Gasteiger partial charge in [-0.3, -0.25) is 9.59 Å². The lowest BCUT2D eigenvalue weighted by Crippen LogP contribution is -2.36. The number of fused-ring (bicyclic) bond motifs is 1. The molecule has 0 unspecified atom stereocenters. The molecule has 2 aliphatic rings. The van der Waals surface area contributed by atoms with Crippen molar-refractivity contribution in [1.29, 1.82) is 0 Å². The van der Waals surface area contributed by atoms with E-state index in [2.05, 4.69) is 21.3 Å². The summed E-state index contributed by atoms with van der Waals surface area (Å²) < 4.78 is 37.8. The zero-order valence-electron chi connectivity index (χ0n) is 27.7. The monoisotopic (exact) mass is 678 g/mol. The molecular formula is C31H58N4O10S. The van der Waals surface area contributed by atoms with Gasteiger partial charge in [0.1, 0.15) is 0 Å². The van der Waals surface area contributed by atoms with Crippen molar-refractivity contribution in [1.82, 2.24) is 21.3 Å². The van der Waals surface area contributed by atoms with Crippen molar-refractivity contribution in [2.24, 2.45) is 0 Å². The first-order chi connectivity index (χ1) is 22.6. The molecule has 2 heterocycles. The van der Waals surface area contributed by atoms with E-state index in [1.54, 1.807) is 7.11 Å². The fraction of sp³-hybridized carbons (Fsp3) is 0.903. The first-order valence-corrected chi connectivity index (χ1v) is 17.8. The van der Waals surface area contributed by atoms with Gasteiger partial charge in [0.2, 0.25) is 11.8 Å². The maximum Gasteiger partial charge on any atom is 0.315 e. The molecule has 0 bridgehead atoms. The van der Waals surface area contributed by atoms with Crippen molar-refractivity contribution in [2.75, 3.05) is 112 Å². The molecule has 268 valence electrons. The number of carbonyl (C=O) groups excluding carboxylic acids is 3. The average molecular weight is 679 g/mol. The fourth-order valence-corrected chi connectivity index (χ4v) is 6.40. The van der Waals surface area contributed by atoms with Crippen LogP contribution in [0.1, 0.15) is 51.4 Å². The van der Waals surface area contributed by atoms with E-state index >= 15 is 0 Å². The second kappa shape index (κ2) is 28.3. The molecule has 14 nitrogen and oxygen atoms in total. The molecule has 0 radical (unpaired) electrons. The lowest BCUT2D eigenvalue weighted by atomic mass is 10.0. The van der Waals surface area contributed by atoms with Crippen LogP contribution in [-0.4, -0.2) is 147 Å². The first kappa shape index (κ1) is 40.5. The molecule has 2 saturated heterocycles. The summed E-state index contributed by atoms with van der Waals surface area (Å²) >= 11 is 1.90. The predicted molar refractivity (Wildman–Crippen MR) is 175 cm³/mol. The minimum atomic E-state index is -0.0605. The van der Waals surface area contributed by atoms with Crippen LogP contribution in [0.2, 0.25) is 0 Å². The fourth-order valence-electron chi connectivity index (χ4n) is 4.86. The molecule has 0 saturated carbocycles. The highest BCUT2D eigenvalue weighted by molar-refractivity contribution is 8.00. The highest BCUT2D eigenvalue weighted by atomic mass is 32.2. The third-order valence-corrected chi connectivity index (χ3v) is 8.84. The summed E-state index contributed by atoms with van der Waals surface area (Å²) in [7, 11) is 1.69. The number of thioether (sulfide) groups is 1. The molecule has 3 atom stereocenters. The Morgan fingerprint density at radius 2 is 1.22 bits per heavy atom. The number of rotatable bonds is 32. The van der Waals surface area contributed by atoms with E-state index < -0.39 is 0 Å². The topological polar surface area (TPSA) is 164 Å². The Balaban J connectivity index is 1.19. The molecule has 0 aromatic heterocycles. The Morgan fingerprint density at radius 1 is 0.652 bits per heavy atom. The van der Waals surface area contributed by atoms with E-state index in [0.717, 1.165) is 50.9 Å². The molecule has 2 rings (SSSR count). The second-order valence-electron chi connectivity index (χ2n) is 11.0. The number of ether oxygens (including phenoxy) is 7. The Kier molecular flexibility index (Phi) is 24.9. The Morgan fingerprint density at radius 3 is 1.85 bits per heavy atom. The maximum atomic E-state index is 12.0. The number of unbranched alkanes of at least 4 members (excludes halogenated alkanes) is 3. The minimum Gasteiger partial charge on any atom is -0.385 e. The van der Waals surface area contributed by atoms with Gasteiger partial charge in [0.25, 0.3) is 0 Å². The van der Waals surface area contributed by atoms with Crippen LogP contribution in [0, 0.1) is 0 Å². The molecule has 4 N–H and O–H groups in total. The predicted octanol–water partition coefficient (Wildman–Crippen LogP) is 1.25. The van der Waals surface area contributed by atoms with Gasteiger partial charge in [-0.05, 0) is 32.1 Å². The number of hydrogen-bond donors (Lipinski definition) is 4. The Labute approximate surface area is 278 Å². The van der Waals surface area contributed by atoms with Crippen molar-refractivity contribution in [3.05, 3.63) is 0 Å². The molecular weight excluding hydrogens is 620 g/mol. The van der Waals surface area contributed by atoms with E-state index in [0.29, 0.717) is 110 Å². The van der Waals surface area contributed by atoms with E-state index in [-0.39, 0.29) is 29.9 Å². The summed E-state index contributed by atoms with van der Waals surface area (Å²) in [5, 5.41) is 12.2. The number of carbonyl (C=O) groups is 3. The molecule has 0 aromatic carbocycles. The highest BCUT2D eigenvalue weighted by Gasteiger charge is 2.42. The quantitative estimate of drug-likeness (QED) is 0.0598. The molecule has 0 aliphatic carbocycles. The van der Waals surface area contributed by atoms with Gasteiger partial charge in [-0.1, -0.05) is 6.42 Å². The SMILES string of the molecule is COCCCCCNC(=O)CCOCCOCCOCCOCCOCCOCCNC(=O)CCCC[C@@H]1SC[C@@H]2NC(=O)N[C@@H]21. The van der Waals surface area contributed by atoms with E-state index in [1.807, 2.05) is 11.8 Å². The summed E-state index contributed by atoms with van der Waals surface area (Å²) in [6.07, 6.45) is 6.71. The molecule has 0 aromatic rings. The highest BCUT2D eigenvalue weighted by Crippen LogP contribution is 2.33. The Hall–Kier alpha value is -1.72. The summed E-state index contributed by atoms with van der Waals surface area (Å²) in [5.74, 6) is 1.01. The lowest BCUT2D eigenvalue weighted by Gasteiger charge is -2.16. The van der Waals surface area contributed by atoms with Gasteiger partial charge in [0.15, 0.2) is 0 Å². The summed E-state index contributed by atoms with van der Waals surface area (Å²) in [6.45, 7) is 7.46. The standard InChI is InChI=1S/C31H58N4O10S/c1-39-12-6-2-5-10-32-29(37)9-13-40-15-17-42-19-21-44-23-24-45-22-20-43-18-16-41-14-11-33-28(36)8-4-3-7-27-30-26(25-46-27)34-31(38)35-30/h26-27,30H,2-25H2,1H3,(H,32,37)(H,33,36)(H2,34,35,38)/t26-,27-,30-/m0/s1. The van der Waals surface area contributed by atoms with Crippen molar-refractivity contribution < 1.29 is 47.5 Å². The van der Waals surface area contributed by atoms with Gasteiger partial charge in [-0.15, -0.1) is 0 Å². The largest absolute Gasteiger partial charge is 0.385 e. The summed E-state index contributed by atoms with van der Waals surface area (Å²) in [4.78, 5) is 35.2. The zero-order chi connectivity index (χ0) is 32.9. The summed E-state index contributed by atoms with van der Waals surface area (Å²) in [6, 6.07) is 0.409. The van der Waals surface area contributed by atoms with Crippen molar-refractivity contribution in [3.63, 3.8) is 0 Å². The first-order valence-electron chi connectivity index (χ1n) is 16.8. The van der Waals surface area contributed by atoms with E-state index in [9.17, 15) is 14.4 Å². The zero-order valence-corrected chi connectivity index (χ0v) is 28.5. The van der Waals surface area contributed by atoms with Gasteiger partial charge in [0.05, 0.1) is 91.4 Å². The molecule has 0 spiro atoms. The molecule has 4 amide bonds. The Bertz CT molecular complexity index is 800. The summed E-state index contributed by atoms with van der Waals surface area (Å²) in [5.41, 5.74) is 0. The molecule has 15 heteroatoms. The van der Waals surface area contributed by atoms with Gasteiger partial charge in [0, 0.05) is 50.7 Å². The molecule has 46 heavy (non-hydrogen) atoms. The molecule has 2 fully saturated rings. The van der Waals surface area contributed by atoms with Gasteiger partial charge >= 0.3 is 6.03 Å².